The third-order valence-corrected chi connectivity index (χ3v) is 3.52. The van der Waals surface area contributed by atoms with Crippen molar-refractivity contribution < 1.29 is 0 Å². The van der Waals surface area contributed by atoms with Crippen LogP contribution in [-0.4, -0.2) is 26.3 Å². The van der Waals surface area contributed by atoms with Crippen molar-refractivity contribution in [3.05, 3.63) is 29.8 Å². The van der Waals surface area contributed by atoms with Crippen molar-refractivity contribution in [1.29, 1.82) is 0 Å². The largest absolute Gasteiger partial charge is 0.307 e. The van der Waals surface area contributed by atoms with E-state index in [4.69, 9.17) is 4.98 Å². The predicted octanol–water partition coefficient (Wildman–Crippen LogP) is 2.09. The van der Waals surface area contributed by atoms with E-state index in [1.54, 1.807) is 0 Å². The standard InChI is InChI=1S/C14H19N5/c1-3-19-13(6-8-16-19)12-9-10(2)17-14(18-12)11-5-4-7-15-11/h6,8-9,11,15H,3-5,7H2,1-2H3/t11-/m1/s1. The Morgan fingerprint density at radius 2 is 2.32 bits per heavy atom. The van der Waals surface area contributed by atoms with Gasteiger partial charge in [0.2, 0.25) is 0 Å². The van der Waals surface area contributed by atoms with E-state index in [0.717, 1.165) is 42.4 Å². The van der Waals surface area contributed by atoms with E-state index < -0.39 is 0 Å². The monoisotopic (exact) mass is 257 g/mol. The first-order chi connectivity index (χ1) is 9.28. The van der Waals surface area contributed by atoms with Crippen LogP contribution in [0, 0.1) is 6.92 Å². The summed E-state index contributed by atoms with van der Waals surface area (Å²) in [4.78, 5) is 9.31. The SMILES string of the molecule is CCn1nccc1-c1cc(C)nc([C@H]2CCCN2)n1. The lowest BCUT2D eigenvalue weighted by Crippen LogP contribution is -2.17. The molecule has 1 N–H and O–H groups in total. The van der Waals surface area contributed by atoms with Crippen molar-refractivity contribution in [1.82, 2.24) is 25.1 Å². The fourth-order valence-electron chi connectivity index (χ4n) is 2.59. The van der Waals surface area contributed by atoms with Crippen LogP contribution in [0.5, 0.6) is 0 Å². The topological polar surface area (TPSA) is 55.6 Å². The summed E-state index contributed by atoms with van der Waals surface area (Å²) in [7, 11) is 0. The van der Waals surface area contributed by atoms with Gasteiger partial charge in [-0.05, 0) is 45.4 Å². The fraction of sp³-hybridized carbons (Fsp3) is 0.500. The molecule has 5 heteroatoms. The average Bonchev–Trinajstić information content (AvgIpc) is 3.09. The molecule has 2 aromatic heterocycles. The number of hydrogen-bond donors (Lipinski definition) is 1. The molecule has 5 nitrogen and oxygen atoms in total. The van der Waals surface area contributed by atoms with Gasteiger partial charge in [-0.2, -0.15) is 5.10 Å². The number of nitrogens with zero attached hydrogens (tertiary/aromatic N) is 4. The smallest absolute Gasteiger partial charge is 0.146 e. The number of aromatic nitrogens is 4. The van der Waals surface area contributed by atoms with Crippen LogP contribution in [-0.2, 0) is 6.54 Å². The van der Waals surface area contributed by atoms with E-state index in [1.165, 1.54) is 6.42 Å². The second-order valence-corrected chi connectivity index (χ2v) is 4.93. The zero-order valence-corrected chi connectivity index (χ0v) is 11.4. The lowest BCUT2D eigenvalue weighted by Gasteiger charge is -2.12. The number of aryl methyl sites for hydroxylation is 2. The Hall–Kier alpha value is -1.75. The Bertz CT molecular complexity index is 569. The van der Waals surface area contributed by atoms with Gasteiger partial charge < -0.3 is 5.32 Å². The van der Waals surface area contributed by atoms with Crippen molar-refractivity contribution in [2.24, 2.45) is 0 Å². The van der Waals surface area contributed by atoms with Crippen LogP contribution < -0.4 is 5.32 Å². The Balaban J connectivity index is 2.02. The van der Waals surface area contributed by atoms with Gasteiger partial charge in [-0.3, -0.25) is 4.68 Å². The molecule has 3 heterocycles. The zero-order chi connectivity index (χ0) is 13.2. The van der Waals surface area contributed by atoms with Crippen LogP contribution >= 0.6 is 0 Å². The number of nitrogens with one attached hydrogen (secondary N) is 1. The Morgan fingerprint density at radius 3 is 3.05 bits per heavy atom. The molecule has 3 rings (SSSR count). The number of hydrogen-bond acceptors (Lipinski definition) is 4. The first kappa shape index (κ1) is 12.3. The maximum Gasteiger partial charge on any atom is 0.146 e. The highest BCUT2D eigenvalue weighted by atomic mass is 15.3. The van der Waals surface area contributed by atoms with Crippen molar-refractivity contribution >= 4 is 0 Å². The maximum absolute atomic E-state index is 4.73. The highest BCUT2D eigenvalue weighted by Crippen LogP contribution is 2.23. The van der Waals surface area contributed by atoms with Crippen LogP contribution in [0.4, 0.5) is 0 Å². The second kappa shape index (κ2) is 5.09. The van der Waals surface area contributed by atoms with E-state index in [-0.39, 0.29) is 0 Å². The average molecular weight is 257 g/mol. The minimum absolute atomic E-state index is 0.302. The molecule has 19 heavy (non-hydrogen) atoms. The van der Waals surface area contributed by atoms with Gasteiger partial charge in [0.05, 0.1) is 17.4 Å². The molecular weight excluding hydrogens is 238 g/mol. The van der Waals surface area contributed by atoms with E-state index in [2.05, 4.69) is 22.3 Å². The third-order valence-electron chi connectivity index (χ3n) is 3.52. The van der Waals surface area contributed by atoms with Crippen molar-refractivity contribution in [2.75, 3.05) is 6.54 Å². The van der Waals surface area contributed by atoms with Crippen LogP contribution in [0.3, 0.4) is 0 Å². The minimum Gasteiger partial charge on any atom is -0.307 e. The molecule has 0 unspecified atom stereocenters. The molecule has 1 atom stereocenters. The van der Waals surface area contributed by atoms with Gasteiger partial charge in [-0.15, -0.1) is 0 Å². The van der Waals surface area contributed by atoms with E-state index in [0.29, 0.717) is 6.04 Å². The molecule has 0 aliphatic carbocycles. The van der Waals surface area contributed by atoms with E-state index in [1.807, 2.05) is 29.9 Å². The highest BCUT2D eigenvalue weighted by Gasteiger charge is 2.20. The molecule has 1 aliphatic rings. The van der Waals surface area contributed by atoms with Crippen LogP contribution in [0.15, 0.2) is 18.3 Å². The summed E-state index contributed by atoms with van der Waals surface area (Å²) in [6, 6.07) is 4.34. The van der Waals surface area contributed by atoms with Crippen molar-refractivity contribution in [3.63, 3.8) is 0 Å². The van der Waals surface area contributed by atoms with Gasteiger partial charge in [0.1, 0.15) is 5.82 Å². The van der Waals surface area contributed by atoms with Gasteiger partial charge in [-0.25, -0.2) is 9.97 Å². The Labute approximate surface area is 113 Å². The molecule has 0 spiro atoms. The molecule has 1 saturated heterocycles. The summed E-state index contributed by atoms with van der Waals surface area (Å²) in [5.74, 6) is 0.913. The summed E-state index contributed by atoms with van der Waals surface area (Å²) in [6.45, 7) is 6.02. The molecule has 1 aliphatic heterocycles. The molecule has 0 amide bonds. The summed E-state index contributed by atoms with van der Waals surface area (Å²) < 4.78 is 1.97. The van der Waals surface area contributed by atoms with Crippen LogP contribution in [0.2, 0.25) is 0 Å². The Kier molecular flexibility index (Phi) is 3.29. The molecule has 0 bridgehead atoms. The molecule has 2 aromatic rings. The minimum atomic E-state index is 0.302. The maximum atomic E-state index is 4.73. The molecule has 0 aromatic carbocycles. The van der Waals surface area contributed by atoms with Crippen LogP contribution in [0.1, 0.15) is 37.3 Å². The third kappa shape index (κ3) is 2.38. The number of rotatable bonds is 3. The first-order valence-corrected chi connectivity index (χ1v) is 6.89. The summed E-state index contributed by atoms with van der Waals surface area (Å²) >= 11 is 0. The van der Waals surface area contributed by atoms with Gasteiger partial charge in [0.15, 0.2) is 0 Å². The van der Waals surface area contributed by atoms with Gasteiger partial charge >= 0.3 is 0 Å². The second-order valence-electron chi connectivity index (χ2n) is 4.93. The summed E-state index contributed by atoms with van der Waals surface area (Å²) in [6.07, 6.45) is 4.14. The van der Waals surface area contributed by atoms with Crippen molar-refractivity contribution in [2.45, 2.75) is 39.3 Å². The fourth-order valence-corrected chi connectivity index (χ4v) is 2.59. The molecule has 100 valence electrons. The molecule has 0 radical (unpaired) electrons. The summed E-state index contributed by atoms with van der Waals surface area (Å²) in [5, 5.41) is 7.76. The van der Waals surface area contributed by atoms with E-state index in [9.17, 15) is 0 Å². The molecule has 1 fully saturated rings. The van der Waals surface area contributed by atoms with E-state index >= 15 is 0 Å². The van der Waals surface area contributed by atoms with Gasteiger partial charge in [-0.1, -0.05) is 0 Å². The zero-order valence-electron chi connectivity index (χ0n) is 11.4. The lowest BCUT2D eigenvalue weighted by molar-refractivity contribution is 0.601. The van der Waals surface area contributed by atoms with Crippen molar-refractivity contribution in [3.8, 4) is 11.4 Å². The normalized spacial score (nSPS) is 18.9. The first-order valence-electron chi connectivity index (χ1n) is 6.89. The quantitative estimate of drug-likeness (QED) is 0.914. The highest BCUT2D eigenvalue weighted by molar-refractivity contribution is 5.54. The van der Waals surface area contributed by atoms with Crippen LogP contribution in [0.25, 0.3) is 11.4 Å². The molecular formula is C14H19N5. The lowest BCUT2D eigenvalue weighted by atomic mass is 10.2. The van der Waals surface area contributed by atoms with Gasteiger partial charge in [0.25, 0.3) is 0 Å². The Morgan fingerprint density at radius 1 is 1.42 bits per heavy atom. The van der Waals surface area contributed by atoms with Gasteiger partial charge in [0, 0.05) is 18.4 Å². The predicted molar refractivity (Wildman–Crippen MR) is 73.6 cm³/mol. The summed E-state index contributed by atoms with van der Waals surface area (Å²) in [5.41, 5.74) is 3.04. The molecule has 0 saturated carbocycles.